The standard InChI is InChI=1S/C12H16N6O2/c1-17(2)10-8(7-13-12(16-10)18(3)4)15-11(19)9-5-6-14-20-9/h5-7H,1-4H3,(H,15,19). The predicted octanol–water partition coefficient (Wildman–Crippen LogP) is 0.849. The average molecular weight is 276 g/mol. The van der Waals surface area contributed by atoms with Gasteiger partial charge in [-0.3, -0.25) is 4.79 Å². The first kappa shape index (κ1) is 13.8. The molecule has 20 heavy (non-hydrogen) atoms. The molecular weight excluding hydrogens is 260 g/mol. The highest BCUT2D eigenvalue weighted by molar-refractivity contribution is 6.03. The summed E-state index contributed by atoms with van der Waals surface area (Å²) >= 11 is 0. The van der Waals surface area contributed by atoms with E-state index in [1.807, 2.05) is 28.2 Å². The third kappa shape index (κ3) is 2.85. The van der Waals surface area contributed by atoms with Gasteiger partial charge in [0.15, 0.2) is 5.82 Å². The van der Waals surface area contributed by atoms with Gasteiger partial charge in [-0.1, -0.05) is 5.16 Å². The summed E-state index contributed by atoms with van der Waals surface area (Å²) in [5, 5.41) is 6.20. The maximum Gasteiger partial charge on any atom is 0.294 e. The van der Waals surface area contributed by atoms with Crippen molar-refractivity contribution in [2.45, 2.75) is 0 Å². The van der Waals surface area contributed by atoms with Crippen molar-refractivity contribution in [1.29, 1.82) is 0 Å². The Morgan fingerprint density at radius 3 is 2.55 bits per heavy atom. The number of amides is 1. The lowest BCUT2D eigenvalue weighted by Gasteiger charge is -2.18. The largest absolute Gasteiger partial charge is 0.361 e. The lowest BCUT2D eigenvalue weighted by atomic mass is 10.4. The van der Waals surface area contributed by atoms with Crippen molar-refractivity contribution in [2.75, 3.05) is 43.3 Å². The molecule has 0 atom stereocenters. The summed E-state index contributed by atoms with van der Waals surface area (Å²) in [7, 11) is 7.38. The zero-order chi connectivity index (χ0) is 14.7. The summed E-state index contributed by atoms with van der Waals surface area (Å²) in [4.78, 5) is 24.1. The van der Waals surface area contributed by atoms with Crippen LogP contribution in [-0.2, 0) is 0 Å². The molecule has 0 spiro atoms. The molecule has 2 aromatic rings. The molecule has 0 saturated heterocycles. The first-order valence-corrected chi connectivity index (χ1v) is 5.92. The second kappa shape index (κ2) is 5.55. The number of nitrogens with zero attached hydrogens (tertiary/aromatic N) is 5. The second-order valence-corrected chi connectivity index (χ2v) is 4.53. The Bertz CT molecular complexity index is 594. The van der Waals surface area contributed by atoms with E-state index < -0.39 is 5.91 Å². The first-order valence-electron chi connectivity index (χ1n) is 5.92. The number of hydrogen-bond acceptors (Lipinski definition) is 7. The van der Waals surface area contributed by atoms with Gasteiger partial charge in [0.1, 0.15) is 5.69 Å². The van der Waals surface area contributed by atoms with Gasteiger partial charge in [0, 0.05) is 34.3 Å². The molecular formula is C12H16N6O2. The van der Waals surface area contributed by atoms with Gasteiger partial charge in [-0.2, -0.15) is 4.98 Å². The van der Waals surface area contributed by atoms with E-state index in [2.05, 4.69) is 20.4 Å². The Labute approximate surface area is 116 Å². The molecule has 0 aliphatic heterocycles. The molecule has 0 saturated carbocycles. The van der Waals surface area contributed by atoms with Crippen molar-refractivity contribution in [3.8, 4) is 0 Å². The molecule has 1 amide bonds. The van der Waals surface area contributed by atoms with Gasteiger partial charge in [0.2, 0.25) is 11.7 Å². The van der Waals surface area contributed by atoms with Crippen LogP contribution in [0.1, 0.15) is 10.6 Å². The maximum absolute atomic E-state index is 11.9. The van der Waals surface area contributed by atoms with Crippen LogP contribution in [0.5, 0.6) is 0 Å². The van der Waals surface area contributed by atoms with Crippen molar-refractivity contribution < 1.29 is 9.32 Å². The monoisotopic (exact) mass is 276 g/mol. The molecule has 0 bridgehead atoms. The minimum atomic E-state index is -0.396. The summed E-state index contributed by atoms with van der Waals surface area (Å²) in [6.07, 6.45) is 2.97. The van der Waals surface area contributed by atoms with Crippen LogP contribution >= 0.6 is 0 Å². The van der Waals surface area contributed by atoms with Crippen molar-refractivity contribution in [3.63, 3.8) is 0 Å². The minimum Gasteiger partial charge on any atom is -0.361 e. The predicted molar refractivity (Wildman–Crippen MR) is 75.1 cm³/mol. The van der Waals surface area contributed by atoms with Crippen LogP contribution in [0.3, 0.4) is 0 Å². The molecule has 0 fully saturated rings. The summed E-state index contributed by atoms with van der Waals surface area (Å²) < 4.78 is 4.81. The number of nitrogens with one attached hydrogen (secondary N) is 1. The Hall–Kier alpha value is -2.64. The molecule has 1 N–H and O–H groups in total. The van der Waals surface area contributed by atoms with E-state index in [0.29, 0.717) is 17.5 Å². The van der Waals surface area contributed by atoms with E-state index >= 15 is 0 Å². The van der Waals surface area contributed by atoms with Crippen LogP contribution in [0.4, 0.5) is 17.5 Å². The molecule has 0 aromatic carbocycles. The lowest BCUT2D eigenvalue weighted by Crippen LogP contribution is -2.20. The Morgan fingerprint density at radius 2 is 2.00 bits per heavy atom. The Morgan fingerprint density at radius 1 is 1.25 bits per heavy atom. The molecule has 8 heteroatoms. The number of carbonyl (C=O) groups is 1. The molecule has 2 aromatic heterocycles. The van der Waals surface area contributed by atoms with Gasteiger partial charge < -0.3 is 19.6 Å². The first-order chi connectivity index (χ1) is 9.49. The molecule has 106 valence electrons. The van der Waals surface area contributed by atoms with Gasteiger partial charge in [-0.25, -0.2) is 4.98 Å². The Balaban J connectivity index is 2.29. The summed E-state index contributed by atoms with van der Waals surface area (Å²) in [5.74, 6) is 0.904. The van der Waals surface area contributed by atoms with Crippen LogP contribution < -0.4 is 15.1 Å². The number of aromatic nitrogens is 3. The normalized spacial score (nSPS) is 10.2. The number of rotatable bonds is 4. The van der Waals surface area contributed by atoms with E-state index in [4.69, 9.17) is 4.52 Å². The molecule has 0 unspecified atom stereocenters. The molecule has 2 rings (SSSR count). The van der Waals surface area contributed by atoms with Crippen LogP contribution in [-0.4, -0.2) is 49.2 Å². The van der Waals surface area contributed by atoms with E-state index in [1.165, 1.54) is 12.3 Å². The number of hydrogen-bond donors (Lipinski definition) is 1. The molecule has 0 aliphatic carbocycles. The van der Waals surface area contributed by atoms with Crippen molar-refractivity contribution >= 4 is 23.4 Å². The van der Waals surface area contributed by atoms with E-state index in [0.717, 1.165) is 0 Å². The molecule has 8 nitrogen and oxygen atoms in total. The third-order valence-electron chi connectivity index (χ3n) is 2.49. The van der Waals surface area contributed by atoms with Gasteiger partial charge in [0.25, 0.3) is 5.91 Å². The molecule has 2 heterocycles. The highest BCUT2D eigenvalue weighted by Crippen LogP contribution is 2.23. The quantitative estimate of drug-likeness (QED) is 0.885. The van der Waals surface area contributed by atoms with Crippen LogP contribution in [0.2, 0.25) is 0 Å². The zero-order valence-electron chi connectivity index (χ0n) is 11.8. The molecule has 0 radical (unpaired) electrons. The topological polar surface area (TPSA) is 87.4 Å². The van der Waals surface area contributed by atoms with E-state index in [-0.39, 0.29) is 5.76 Å². The van der Waals surface area contributed by atoms with Crippen molar-refractivity contribution in [1.82, 2.24) is 15.1 Å². The molecule has 0 aliphatic rings. The maximum atomic E-state index is 11.9. The third-order valence-corrected chi connectivity index (χ3v) is 2.49. The van der Waals surface area contributed by atoms with Gasteiger partial charge in [-0.15, -0.1) is 0 Å². The van der Waals surface area contributed by atoms with E-state index in [9.17, 15) is 4.79 Å². The lowest BCUT2D eigenvalue weighted by molar-refractivity contribution is 0.0988. The summed E-state index contributed by atoms with van der Waals surface area (Å²) in [5.41, 5.74) is 0.502. The highest BCUT2D eigenvalue weighted by atomic mass is 16.5. The SMILES string of the molecule is CN(C)c1ncc(NC(=O)c2ccno2)c(N(C)C)n1. The van der Waals surface area contributed by atoms with Gasteiger partial charge in [0.05, 0.1) is 12.4 Å². The number of anilines is 3. The highest BCUT2D eigenvalue weighted by Gasteiger charge is 2.16. The summed E-state index contributed by atoms with van der Waals surface area (Å²) in [6, 6.07) is 1.49. The second-order valence-electron chi connectivity index (χ2n) is 4.53. The summed E-state index contributed by atoms with van der Waals surface area (Å²) in [6.45, 7) is 0. The fourth-order valence-corrected chi connectivity index (χ4v) is 1.53. The fraction of sp³-hybridized carbons (Fsp3) is 0.333. The van der Waals surface area contributed by atoms with Crippen molar-refractivity contribution in [2.24, 2.45) is 0 Å². The van der Waals surface area contributed by atoms with Crippen LogP contribution in [0.15, 0.2) is 23.0 Å². The number of carbonyl (C=O) groups excluding carboxylic acids is 1. The zero-order valence-corrected chi connectivity index (χ0v) is 11.8. The minimum absolute atomic E-state index is 0.131. The van der Waals surface area contributed by atoms with Gasteiger partial charge in [-0.05, 0) is 0 Å². The van der Waals surface area contributed by atoms with Gasteiger partial charge >= 0.3 is 0 Å². The van der Waals surface area contributed by atoms with E-state index in [1.54, 1.807) is 16.0 Å². The fourth-order valence-electron chi connectivity index (χ4n) is 1.53. The average Bonchev–Trinajstić information content (AvgIpc) is 2.92. The Kier molecular flexibility index (Phi) is 3.83. The van der Waals surface area contributed by atoms with Crippen LogP contribution in [0, 0.1) is 0 Å². The smallest absolute Gasteiger partial charge is 0.294 e. The van der Waals surface area contributed by atoms with Crippen LogP contribution in [0.25, 0.3) is 0 Å². The van der Waals surface area contributed by atoms with Crippen molar-refractivity contribution in [3.05, 3.63) is 24.2 Å².